The number of nitro groups is 1. The number of carboxylic acid groups (broad SMARTS) is 1. The van der Waals surface area contributed by atoms with E-state index in [0.29, 0.717) is 17.9 Å². The van der Waals surface area contributed by atoms with Crippen LogP contribution in [0.1, 0.15) is 5.56 Å². The molecule has 0 heterocycles. The Balaban J connectivity index is 2.33. The Hall–Kier alpha value is -2.09. The van der Waals surface area contributed by atoms with Crippen LogP contribution in [-0.2, 0) is 16.0 Å². The second-order valence-electron chi connectivity index (χ2n) is 3.90. The van der Waals surface area contributed by atoms with Gasteiger partial charge in [0.15, 0.2) is 0 Å². The van der Waals surface area contributed by atoms with Crippen LogP contribution >= 0.6 is 11.8 Å². The van der Waals surface area contributed by atoms with Crippen molar-refractivity contribution in [3.8, 4) is 0 Å². The lowest BCUT2D eigenvalue weighted by Crippen LogP contribution is -2.27. The highest BCUT2D eigenvalue weighted by Crippen LogP contribution is 2.13. The molecule has 108 valence electrons. The minimum atomic E-state index is -0.891. The predicted octanol–water partition coefficient (Wildman–Crippen LogP) is 1.07. The molecule has 0 saturated carbocycles. The van der Waals surface area contributed by atoms with Crippen molar-refractivity contribution in [3.05, 3.63) is 39.9 Å². The quantitative estimate of drug-likeness (QED) is 0.422. The molecule has 0 aliphatic rings. The van der Waals surface area contributed by atoms with Crippen molar-refractivity contribution in [2.45, 2.75) is 6.42 Å². The van der Waals surface area contributed by atoms with Gasteiger partial charge in [-0.2, -0.15) is 0 Å². The smallest absolute Gasteiger partial charge is 0.313 e. The molecule has 0 spiro atoms. The summed E-state index contributed by atoms with van der Waals surface area (Å²) in [4.78, 5) is 31.9. The fraction of sp³-hybridized carbons (Fsp3) is 0.333. The van der Waals surface area contributed by atoms with Gasteiger partial charge in [-0.1, -0.05) is 12.1 Å². The zero-order valence-corrected chi connectivity index (χ0v) is 11.4. The van der Waals surface area contributed by atoms with Gasteiger partial charge in [-0.3, -0.25) is 19.7 Å². The molecule has 0 atom stereocenters. The van der Waals surface area contributed by atoms with Crippen molar-refractivity contribution >= 4 is 29.3 Å². The zero-order chi connectivity index (χ0) is 15.0. The molecule has 0 aliphatic carbocycles. The molecule has 0 radical (unpaired) electrons. The van der Waals surface area contributed by atoms with E-state index in [1.54, 1.807) is 6.07 Å². The topological polar surface area (TPSA) is 110 Å². The number of nitrogens with one attached hydrogen (secondary N) is 1. The van der Waals surface area contributed by atoms with Crippen molar-refractivity contribution in [1.82, 2.24) is 5.32 Å². The molecule has 0 bridgehead atoms. The number of rotatable bonds is 8. The van der Waals surface area contributed by atoms with Crippen molar-refractivity contribution in [3.63, 3.8) is 0 Å². The minimum Gasteiger partial charge on any atom is -0.481 e. The van der Waals surface area contributed by atoms with Crippen LogP contribution in [0.15, 0.2) is 24.3 Å². The highest BCUT2D eigenvalue weighted by atomic mass is 32.2. The van der Waals surface area contributed by atoms with Crippen molar-refractivity contribution in [2.24, 2.45) is 0 Å². The van der Waals surface area contributed by atoms with Crippen molar-refractivity contribution in [2.75, 3.05) is 18.1 Å². The maximum atomic E-state index is 11.6. The average Bonchev–Trinajstić information content (AvgIpc) is 2.38. The first-order valence-corrected chi connectivity index (χ1v) is 6.94. The lowest BCUT2D eigenvalue weighted by Gasteiger charge is -2.04. The first kappa shape index (κ1) is 16.0. The van der Waals surface area contributed by atoms with E-state index in [2.05, 4.69) is 5.32 Å². The molecule has 0 aromatic heterocycles. The molecule has 0 aliphatic heterocycles. The summed E-state index contributed by atoms with van der Waals surface area (Å²) in [5.41, 5.74) is 0.516. The standard InChI is InChI=1S/C12H14N2O5S/c15-11(13-4-5-20-8-12(16)17)7-9-2-1-3-10(6-9)14(18)19/h1-3,6H,4-5,7-8H2,(H,13,15)(H,16,17). The van der Waals surface area contributed by atoms with Gasteiger partial charge >= 0.3 is 5.97 Å². The van der Waals surface area contributed by atoms with E-state index in [0.717, 1.165) is 0 Å². The van der Waals surface area contributed by atoms with Crippen LogP contribution in [0.4, 0.5) is 5.69 Å². The van der Waals surface area contributed by atoms with E-state index in [4.69, 9.17) is 5.11 Å². The fourth-order valence-electron chi connectivity index (χ4n) is 1.45. The van der Waals surface area contributed by atoms with Crippen molar-refractivity contribution < 1.29 is 19.6 Å². The highest BCUT2D eigenvalue weighted by molar-refractivity contribution is 7.99. The number of amides is 1. The Morgan fingerprint density at radius 3 is 2.80 bits per heavy atom. The van der Waals surface area contributed by atoms with E-state index >= 15 is 0 Å². The van der Waals surface area contributed by atoms with Crippen LogP contribution in [0.5, 0.6) is 0 Å². The van der Waals surface area contributed by atoms with Crippen LogP contribution in [0.3, 0.4) is 0 Å². The molecular weight excluding hydrogens is 284 g/mol. The Kier molecular flexibility index (Phi) is 6.51. The molecule has 1 rings (SSSR count). The lowest BCUT2D eigenvalue weighted by molar-refractivity contribution is -0.384. The number of nitrogens with zero attached hydrogens (tertiary/aromatic N) is 1. The molecule has 0 saturated heterocycles. The second-order valence-corrected chi connectivity index (χ2v) is 5.01. The Bertz CT molecular complexity index is 506. The normalized spacial score (nSPS) is 10.0. The molecule has 1 amide bonds. The van der Waals surface area contributed by atoms with Crippen LogP contribution in [0.2, 0.25) is 0 Å². The van der Waals surface area contributed by atoms with Gasteiger partial charge in [-0.15, -0.1) is 11.8 Å². The van der Waals surface area contributed by atoms with Gasteiger partial charge in [0.25, 0.3) is 5.69 Å². The van der Waals surface area contributed by atoms with Crippen molar-refractivity contribution in [1.29, 1.82) is 0 Å². The molecular formula is C12H14N2O5S. The Morgan fingerprint density at radius 1 is 1.40 bits per heavy atom. The summed E-state index contributed by atoms with van der Waals surface area (Å²) in [6.07, 6.45) is 0.0608. The van der Waals surface area contributed by atoms with Gasteiger partial charge in [0.1, 0.15) is 0 Å². The predicted molar refractivity (Wildman–Crippen MR) is 74.8 cm³/mol. The lowest BCUT2D eigenvalue weighted by atomic mass is 10.1. The number of carboxylic acids is 1. The average molecular weight is 298 g/mol. The number of non-ortho nitro benzene ring substituents is 1. The summed E-state index contributed by atoms with van der Waals surface area (Å²) in [5, 5.41) is 21.6. The molecule has 0 fully saturated rings. The summed E-state index contributed by atoms with van der Waals surface area (Å²) in [5.74, 6) is -0.632. The Labute approximate surface area is 119 Å². The third-order valence-electron chi connectivity index (χ3n) is 2.28. The van der Waals surface area contributed by atoms with Gasteiger partial charge in [0, 0.05) is 24.4 Å². The summed E-state index contributed by atoms with van der Waals surface area (Å²) in [6, 6.07) is 5.90. The van der Waals surface area contributed by atoms with Gasteiger partial charge in [-0.05, 0) is 5.56 Å². The molecule has 0 unspecified atom stereocenters. The number of aliphatic carboxylic acids is 1. The summed E-state index contributed by atoms with van der Waals surface area (Å²) in [7, 11) is 0. The second kappa shape index (κ2) is 8.16. The van der Waals surface area contributed by atoms with Gasteiger partial charge in [-0.25, -0.2) is 0 Å². The Morgan fingerprint density at radius 2 is 2.15 bits per heavy atom. The summed E-state index contributed by atoms with van der Waals surface area (Å²) < 4.78 is 0. The molecule has 1 aromatic rings. The molecule has 8 heteroatoms. The number of benzene rings is 1. The van der Waals surface area contributed by atoms with Crippen LogP contribution in [0, 0.1) is 10.1 Å². The maximum absolute atomic E-state index is 11.6. The van der Waals surface area contributed by atoms with E-state index < -0.39 is 10.9 Å². The third kappa shape index (κ3) is 6.19. The number of nitro benzene ring substituents is 1. The largest absolute Gasteiger partial charge is 0.481 e. The molecule has 1 aromatic carbocycles. The van der Waals surface area contributed by atoms with E-state index in [1.165, 1.54) is 30.0 Å². The van der Waals surface area contributed by atoms with E-state index in [-0.39, 0.29) is 23.8 Å². The summed E-state index contributed by atoms with van der Waals surface area (Å²) >= 11 is 1.21. The number of carbonyl (C=O) groups excluding carboxylic acids is 1. The van der Waals surface area contributed by atoms with Crippen LogP contribution < -0.4 is 5.32 Å². The number of hydrogen-bond donors (Lipinski definition) is 2. The highest BCUT2D eigenvalue weighted by Gasteiger charge is 2.08. The van der Waals surface area contributed by atoms with Gasteiger partial charge in [0.2, 0.25) is 5.91 Å². The number of carbonyl (C=O) groups is 2. The number of hydrogen-bond acceptors (Lipinski definition) is 5. The van der Waals surface area contributed by atoms with Gasteiger partial charge < -0.3 is 10.4 Å². The van der Waals surface area contributed by atoms with E-state index in [9.17, 15) is 19.7 Å². The summed E-state index contributed by atoms with van der Waals surface area (Å²) in [6.45, 7) is 0.367. The maximum Gasteiger partial charge on any atom is 0.313 e. The minimum absolute atomic E-state index is 0.000744. The first-order valence-electron chi connectivity index (χ1n) is 5.78. The van der Waals surface area contributed by atoms with E-state index in [1.807, 2.05) is 0 Å². The molecule has 20 heavy (non-hydrogen) atoms. The number of thioether (sulfide) groups is 1. The fourth-order valence-corrected chi connectivity index (χ4v) is 2.02. The first-order chi connectivity index (χ1) is 9.49. The monoisotopic (exact) mass is 298 g/mol. The van der Waals surface area contributed by atoms with Crippen LogP contribution in [0.25, 0.3) is 0 Å². The zero-order valence-electron chi connectivity index (χ0n) is 10.6. The molecule has 2 N–H and O–H groups in total. The molecule has 7 nitrogen and oxygen atoms in total. The third-order valence-corrected chi connectivity index (χ3v) is 3.22. The van der Waals surface area contributed by atoms with Crippen LogP contribution in [-0.4, -0.2) is 40.0 Å². The van der Waals surface area contributed by atoms with Gasteiger partial charge in [0.05, 0.1) is 17.1 Å². The SMILES string of the molecule is O=C(O)CSCCNC(=O)Cc1cccc([N+](=O)[O-])c1.